The third kappa shape index (κ3) is 2.88. The summed E-state index contributed by atoms with van der Waals surface area (Å²) in [6, 6.07) is 18.0. The SMILES string of the molecule is CN(CC(=O)O)c1ccc(-c2ccccc2)cc1. The molecule has 0 unspecified atom stereocenters. The molecule has 3 nitrogen and oxygen atoms in total. The lowest BCUT2D eigenvalue weighted by atomic mass is 10.1. The number of likely N-dealkylation sites (N-methyl/N-ethyl adjacent to an activating group) is 1. The Labute approximate surface area is 106 Å². The molecule has 2 aromatic rings. The molecule has 0 aliphatic carbocycles. The van der Waals surface area contributed by atoms with Gasteiger partial charge in [-0.2, -0.15) is 0 Å². The van der Waals surface area contributed by atoms with Crippen LogP contribution in [-0.4, -0.2) is 24.7 Å². The highest BCUT2D eigenvalue weighted by atomic mass is 16.4. The number of aliphatic carboxylic acids is 1. The Morgan fingerprint density at radius 2 is 1.56 bits per heavy atom. The zero-order valence-electron chi connectivity index (χ0n) is 10.2. The Kier molecular flexibility index (Phi) is 3.63. The van der Waals surface area contributed by atoms with Gasteiger partial charge < -0.3 is 10.0 Å². The first-order chi connectivity index (χ1) is 8.66. The van der Waals surface area contributed by atoms with Gasteiger partial charge in [-0.15, -0.1) is 0 Å². The first kappa shape index (κ1) is 12.2. The van der Waals surface area contributed by atoms with Crippen molar-refractivity contribution in [2.24, 2.45) is 0 Å². The molecule has 0 atom stereocenters. The smallest absolute Gasteiger partial charge is 0.323 e. The number of carboxylic acids is 1. The Balaban J connectivity index is 2.18. The molecule has 92 valence electrons. The summed E-state index contributed by atoms with van der Waals surface area (Å²) in [5.41, 5.74) is 3.19. The monoisotopic (exact) mass is 241 g/mol. The van der Waals surface area contributed by atoms with E-state index < -0.39 is 5.97 Å². The maximum Gasteiger partial charge on any atom is 0.323 e. The van der Waals surface area contributed by atoms with Gasteiger partial charge in [-0.25, -0.2) is 0 Å². The zero-order chi connectivity index (χ0) is 13.0. The molecule has 2 rings (SSSR count). The maximum absolute atomic E-state index is 10.6. The van der Waals surface area contributed by atoms with E-state index in [-0.39, 0.29) is 6.54 Å². The van der Waals surface area contributed by atoms with E-state index in [4.69, 9.17) is 5.11 Å². The van der Waals surface area contributed by atoms with Gasteiger partial charge in [0.05, 0.1) is 0 Å². The van der Waals surface area contributed by atoms with Crippen molar-refractivity contribution in [2.75, 3.05) is 18.5 Å². The summed E-state index contributed by atoms with van der Waals surface area (Å²) in [5, 5.41) is 8.74. The van der Waals surface area contributed by atoms with E-state index in [0.717, 1.165) is 16.8 Å². The number of hydrogen-bond acceptors (Lipinski definition) is 2. The molecule has 0 saturated carbocycles. The molecule has 0 bridgehead atoms. The number of carboxylic acid groups (broad SMARTS) is 1. The molecule has 18 heavy (non-hydrogen) atoms. The third-order valence-electron chi connectivity index (χ3n) is 2.79. The van der Waals surface area contributed by atoms with Crippen LogP contribution >= 0.6 is 0 Å². The van der Waals surface area contributed by atoms with Crippen molar-refractivity contribution >= 4 is 11.7 Å². The minimum Gasteiger partial charge on any atom is -0.480 e. The Morgan fingerprint density at radius 1 is 1.00 bits per heavy atom. The van der Waals surface area contributed by atoms with Gasteiger partial charge in [0, 0.05) is 12.7 Å². The first-order valence-electron chi connectivity index (χ1n) is 5.75. The number of anilines is 1. The lowest BCUT2D eigenvalue weighted by Crippen LogP contribution is -2.24. The molecule has 0 aliphatic rings. The highest BCUT2D eigenvalue weighted by Gasteiger charge is 2.05. The summed E-state index contributed by atoms with van der Waals surface area (Å²) in [6.07, 6.45) is 0. The molecule has 0 aliphatic heterocycles. The van der Waals surface area contributed by atoms with E-state index in [9.17, 15) is 4.79 Å². The summed E-state index contributed by atoms with van der Waals surface area (Å²) in [5.74, 6) is -0.829. The highest BCUT2D eigenvalue weighted by molar-refractivity contribution is 5.74. The average Bonchev–Trinajstić information content (AvgIpc) is 2.39. The lowest BCUT2D eigenvalue weighted by molar-refractivity contribution is -0.135. The molecule has 0 radical (unpaired) electrons. The molecule has 0 aromatic heterocycles. The van der Waals surface area contributed by atoms with Gasteiger partial charge in [0.2, 0.25) is 0 Å². The van der Waals surface area contributed by atoms with Crippen molar-refractivity contribution < 1.29 is 9.90 Å². The molecule has 3 heteroatoms. The van der Waals surface area contributed by atoms with Crippen LogP contribution in [0.2, 0.25) is 0 Å². The number of nitrogens with zero attached hydrogens (tertiary/aromatic N) is 1. The summed E-state index contributed by atoms with van der Waals surface area (Å²) < 4.78 is 0. The third-order valence-corrected chi connectivity index (χ3v) is 2.79. The van der Waals surface area contributed by atoms with E-state index in [1.54, 1.807) is 11.9 Å². The van der Waals surface area contributed by atoms with Crippen molar-refractivity contribution in [1.82, 2.24) is 0 Å². The second-order valence-corrected chi connectivity index (χ2v) is 4.16. The van der Waals surface area contributed by atoms with Gasteiger partial charge in [-0.1, -0.05) is 42.5 Å². The second kappa shape index (κ2) is 5.36. The van der Waals surface area contributed by atoms with E-state index in [1.807, 2.05) is 42.5 Å². The Bertz CT molecular complexity index is 520. The predicted molar refractivity (Wildman–Crippen MR) is 72.8 cm³/mol. The van der Waals surface area contributed by atoms with E-state index in [0.29, 0.717) is 0 Å². The van der Waals surface area contributed by atoms with Crippen LogP contribution in [0.3, 0.4) is 0 Å². The molecule has 0 fully saturated rings. The van der Waals surface area contributed by atoms with Crippen molar-refractivity contribution in [2.45, 2.75) is 0 Å². The maximum atomic E-state index is 10.6. The van der Waals surface area contributed by atoms with Crippen LogP contribution in [0.5, 0.6) is 0 Å². The van der Waals surface area contributed by atoms with Crippen LogP contribution in [0, 0.1) is 0 Å². The van der Waals surface area contributed by atoms with E-state index in [2.05, 4.69) is 12.1 Å². The molecule has 2 aromatic carbocycles. The first-order valence-corrected chi connectivity index (χ1v) is 5.75. The molecular formula is C15H15NO2. The van der Waals surface area contributed by atoms with Gasteiger partial charge in [0.25, 0.3) is 0 Å². The number of rotatable bonds is 4. The zero-order valence-corrected chi connectivity index (χ0v) is 10.2. The van der Waals surface area contributed by atoms with E-state index >= 15 is 0 Å². The standard InChI is InChI=1S/C15H15NO2/c1-16(11-15(17)18)14-9-7-13(8-10-14)12-5-3-2-4-6-12/h2-10H,11H2,1H3,(H,17,18). The van der Waals surface area contributed by atoms with Gasteiger partial charge >= 0.3 is 5.97 Å². The molecule has 0 saturated heterocycles. The quantitative estimate of drug-likeness (QED) is 0.894. The topological polar surface area (TPSA) is 40.5 Å². The van der Waals surface area contributed by atoms with Gasteiger partial charge in [0.15, 0.2) is 0 Å². The van der Waals surface area contributed by atoms with Crippen molar-refractivity contribution in [3.8, 4) is 11.1 Å². The fourth-order valence-electron chi connectivity index (χ4n) is 1.83. The van der Waals surface area contributed by atoms with Crippen molar-refractivity contribution in [3.05, 3.63) is 54.6 Å². The fraction of sp³-hybridized carbons (Fsp3) is 0.133. The van der Waals surface area contributed by atoms with Crippen LogP contribution in [0.15, 0.2) is 54.6 Å². The van der Waals surface area contributed by atoms with Crippen molar-refractivity contribution in [1.29, 1.82) is 0 Å². The normalized spacial score (nSPS) is 10.1. The van der Waals surface area contributed by atoms with Gasteiger partial charge in [-0.3, -0.25) is 4.79 Å². The summed E-state index contributed by atoms with van der Waals surface area (Å²) >= 11 is 0. The summed E-state index contributed by atoms with van der Waals surface area (Å²) in [6.45, 7) is 0.00465. The second-order valence-electron chi connectivity index (χ2n) is 4.16. The van der Waals surface area contributed by atoms with Gasteiger partial charge in [-0.05, 0) is 23.3 Å². The minimum atomic E-state index is -0.829. The number of carbonyl (C=O) groups is 1. The molecule has 0 spiro atoms. The lowest BCUT2D eigenvalue weighted by Gasteiger charge is -2.16. The molecule has 0 amide bonds. The summed E-state index contributed by atoms with van der Waals surface area (Å²) in [4.78, 5) is 12.3. The number of benzene rings is 2. The fourth-order valence-corrected chi connectivity index (χ4v) is 1.83. The summed E-state index contributed by atoms with van der Waals surface area (Å²) in [7, 11) is 1.77. The average molecular weight is 241 g/mol. The molecular weight excluding hydrogens is 226 g/mol. The van der Waals surface area contributed by atoms with Crippen LogP contribution < -0.4 is 4.90 Å². The molecule has 0 heterocycles. The largest absolute Gasteiger partial charge is 0.480 e. The predicted octanol–water partition coefficient (Wildman–Crippen LogP) is 2.87. The highest BCUT2D eigenvalue weighted by Crippen LogP contribution is 2.22. The number of hydrogen-bond donors (Lipinski definition) is 1. The van der Waals surface area contributed by atoms with Gasteiger partial charge in [0.1, 0.15) is 6.54 Å². The van der Waals surface area contributed by atoms with Crippen molar-refractivity contribution in [3.63, 3.8) is 0 Å². The molecule has 1 N–H and O–H groups in total. The van der Waals surface area contributed by atoms with Crippen LogP contribution in [0.4, 0.5) is 5.69 Å². The van der Waals surface area contributed by atoms with Crippen LogP contribution in [0.25, 0.3) is 11.1 Å². The van der Waals surface area contributed by atoms with Crippen LogP contribution in [0.1, 0.15) is 0 Å². The van der Waals surface area contributed by atoms with E-state index in [1.165, 1.54) is 0 Å². The van der Waals surface area contributed by atoms with Crippen LogP contribution in [-0.2, 0) is 4.79 Å². The Hall–Kier alpha value is -2.29. The minimum absolute atomic E-state index is 0.00465. The Morgan fingerprint density at radius 3 is 2.11 bits per heavy atom.